The van der Waals surface area contributed by atoms with Gasteiger partial charge in [-0.15, -0.1) is 0 Å². The summed E-state index contributed by atoms with van der Waals surface area (Å²) in [6.07, 6.45) is 0.982. The Kier molecular flexibility index (Phi) is 6.89. The molecule has 212 valence electrons. The number of hydrogen-bond acceptors (Lipinski definition) is 6. The van der Waals surface area contributed by atoms with Crippen LogP contribution in [0.3, 0.4) is 0 Å². The number of fused-ring (bicyclic) bond motifs is 2. The molecule has 2 amide bonds. The van der Waals surface area contributed by atoms with Gasteiger partial charge in [-0.05, 0) is 68.8 Å². The zero-order valence-electron chi connectivity index (χ0n) is 22.1. The molecular weight excluding hydrogens is 525 g/mol. The van der Waals surface area contributed by atoms with Gasteiger partial charge in [-0.1, -0.05) is 6.07 Å². The first-order valence-electron chi connectivity index (χ1n) is 13.6. The smallest absolute Gasteiger partial charge is 0.433 e. The minimum Gasteiger partial charge on any atom is -0.494 e. The molecule has 2 aliphatic heterocycles. The number of likely N-dealkylation sites (tertiary alicyclic amines) is 1. The number of rotatable bonds is 5. The van der Waals surface area contributed by atoms with E-state index in [-0.39, 0.29) is 17.7 Å². The van der Waals surface area contributed by atoms with Gasteiger partial charge in [0, 0.05) is 36.7 Å². The molecule has 40 heavy (non-hydrogen) atoms. The molecule has 3 atom stereocenters. The van der Waals surface area contributed by atoms with E-state index in [1.807, 2.05) is 10.9 Å². The minimum atomic E-state index is -4.65. The highest BCUT2D eigenvalue weighted by Crippen LogP contribution is 2.45. The van der Waals surface area contributed by atoms with Crippen molar-refractivity contribution in [2.75, 3.05) is 38.6 Å². The van der Waals surface area contributed by atoms with Gasteiger partial charge in [0.1, 0.15) is 17.1 Å². The molecule has 4 heterocycles. The number of nitrogens with one attached hydrogen (secondary N) is 2. The van der Waals surface area contributed by atoms with Crippen molar-refractivity contribution in [1.29, 1.82) is 0 Å². The van der Waals surface area contributed by atoms with E-state index < -0.39 is 17.8 Å². The number of carbonyl (C=O) groups excluding carboxylic acids is 2. The van der Waals surface area contributed by atoms with E-state index in [0.29, 0.717) is 34.7 Å². The summed E-state index contributed by atoms with van der Waals surface area (Å²) in [4.78, 5) is 31.3. The molecule has 2 saturated heterocycles. The SMILES string of the molecule is COc1cc2nn(C3C[C@@H]4CN(C(=O)C5CCNCC5)C[C@@H]4C3)cc2cc1NC(=O)c1cccc(C(F)(F)F)n1. The number of carbonyl (C=O) groups is 2. The Hall–Kier alpha value is -3.67. The molecule has 3 fully saturated rings. The molecule has 0 radical (unpaired) electrons. The molecule has 3 aromatic rings. The quantitative estimate of drug-likeness (QED) is 0.491. The Morgan fingerprint density at radius 3 is 2.50 bits per heavy atom. The molecule has 1 aliphatic carbocycles. The van der Waals surface area contributed by atoms with E-state index in [4.69, 9.17) is 9.84 Å². The van der Waals surface area contributed by atoms with Crippen molar-refractivity contribution in [3.8, 4) is 5.75 Å². The van der Waals surface area contributed by atoms with Crippen LogP contribution in [-0.4, -0.2) is 64.8 Å². The van der Waals surface area contributed by atoms with Crippen molar-refractivity contribution in [3.05, 3.63) is 47.9 Å². The van der Waals surface area contributed by atoms with Gasteiger partial charge in [0.15, 0.2) is 0 Å². The first kappa shape index (κ1) is 26.5. The number of methoxy groups -OCH3 is 1. The molecule has 12 heteroatoms. The van der Waals surface area contributed by atoms with Crippen LogP contribution in [-0.2, 0) is 11.0 Å². The molecule has 9 nitrogen and oxygen atoms in total. The second-order valence-corrected chi connectivity index (χ2v) is 11.0. The lowest BCUT2D eigenvalue weighted by molar-refractivity contribution is -0.141. The summed E-state index contributed by atoms with van der Waals surface area (Å²) in [6.45, 7) is 3.42. The van der Waals surface area contributed by atoms with Crippen LogP contribution in [0.1, 0.15) is 47.9 Å². The zero-order valence-corrected chi connectivity index (χ0v) is 22.1. The van der Waals surface area contributed by atoms with Crippen molar-refractivity contribution < 1.29 is 27.5 Å². The van der Waals surface area contributed by atoms with E-state index in [1.54, 1.807) is 12.1 Å². The van der Waals surface area contributed by atoms with Gasteiger partial charge in [0.05, 0.1) is 24.4 Å². The van der Waals surface area contributed by atoms with Gasteiger partial charge in [0.2, 0.25) is 5.91 Å². The maximum absolute atomic E-state index is 13.0. The predicted molar refractivity (Wildman–Crippen MR) is 141 cm³/mol. The number of nitrogens with zero attached hydrogens (tertiary/aromatic N) is 4. The number of halogens is 3. The van der Waals surface area contributed by atoms with Crippen LogP contribution in [0.15, 0.2) is 36.5 Å². The molecular formula is C28H31F3N6O3. The number of alkyl halides is 3. The summed E-state index contributed by atoms with van der Waals surface area (Å²) in [5.74, 6) is 0.914. The molecule has 0 spiro atoms. The van der Waals surface area contributed by atoms with Crippen molar-refractivity contribution in [2.24, 2.45) is 17.8 Å². The molecule has 6 rings (SSSR count). The van der Waals surface area contributed by atoms with Gasteiger partial charge < -0.3 is 20.3 Å². The van der Waals surface area contributed by atoms with Crippen LogP contribution in [0.25, 0.3) is 10.9 Å². The number of aromatic nitrogens is 3. The van der Waals surface area contributed by atoms with Crippen LogP contribution in [0.2, 0.25) is 0 Å². The molecule has 1 unspecified atom stereocenters. The molecule has 1 saturated carbocycles. The number of pyridine rings is 1. The van der Waals surface area contributed by atoms with Gasteiger partial charge in [0.25, 0.3) is 5.91 Å². The fourth-order valence-electron chi connectivity index (χ4n) is 6.42. The molecule has 2 N–H and O–H groups in total. The highest BCUT2D eigenvalue weighted by atomic mass is 19.4. The third-order valence-corrected chi connectivity index (χ3v) is 8.46. The van der Waals surface area contributed by atoms with E-state index in [2.05, 4.69) is 20.5 Å². The number of piperidine rings is 1. The maximum atomic E-state index is 13.0. The Balaban J connectivity index is 1.15. The summed E-state index contributed by atoms with van der Waals surface area (Å²) in [5, 5.41) is 11.5. The number of hydrogen-bond donors (Lipinski definition) is 2. The van der Waals surface area contributed by atoms with Crippen LogP contribution in [0.5, 0.6) is 5.75 Å². The summed E-state index contributed by atoms with van der Waals surface area (Å²) in [7, 11) is 1.45. The van der Waals surface area contributed by atoms with Crippen molar-refractivity contribution in [1.82, 2.24) is 25.0 Å². The van der Waals surface area contributed by atoms with E-state index in [9.17, 15) is 22.8 Å². The monoisotopic (exact) mass is 556 g/mol. The van der Waals surface area contributed by atoms with Crippen LogP contribution < -0.4 is 15.4 Å². The van der Waals surface area contributed by atoms with Gasteiger partial charge in [-0.3, -0.25) is 14.3 Å². The number of benzene rings is 1. The lowest BCUT2D eigenvalue weighted by Crippen LogP contribution is -2.40. The molecule has 3 aliphatic rings. The van der Waals surface area contributed by atoms with Crippen molar-refractivity contribution in [2.45, 2.75) is 37.9 Å². The van der Waals surface area contributed by atoms with Crippen LogP contribution >= 0.6 is 0 Å². The van der Waals surface area contributed by atoms with Gasteiger partial charge in [-0.2, -0.15) is 18.3 Å². The number of amides is 2. The second-order valence-electron chi connectivity index (χ2n) is 11.0. The third-order valence-electron chi connectivity index (χ3n) is 8.46. The summed E-state index contributed by atoms with van der Waals surface area (Å²) in [6, 6.07) is 6.81. The average Bonchev–Trinajstić information content (AvgIpc) is 3.65. The lowest BCUT2D eigenvalue weighted by atomic mass is 9.96. The van der Waals surface area contributed by atoms with E-state index in [1.165, 1.54) is 13.2 Å². The van der Waals surface area contributed by atoms with E-state index in [0.717, 1.165) is 69.4 Å². The fraction of sp³-hybridized carbons (Fsp3) is 0.500. The van der Waals surface area contributed by atoms with E-state index >= 15 is 0 Å². The Labute approximate surface area is 229 Å². The topological polar surface area (TPSA) is 101 Å². The first-order valence-corrected chi connectivity index (χ1v) is 13.6. The Morgan fingerprint density at radius 2 is 1.82 bits per heavy atom. The van der Waals surface area contributed by atoms with Crippen molar-refractivity contribution >= 4 is 28.4 Å². The lowest BCUT2D eigenvalue weighted by Gasteiger charge is -2.27. The normalized spacial score (nSPS) is 23.4. The molecule has 2 aromatic heterocycles. The molecule has 0 bridgehead atoms. The number of anilines is 1. The standard InChI is InChI=1S/C28H31F3N6O3/c1-40-24-12-22-19(11-23(24)34-26(38)21-3-2-4-25(33-21)28(29,30)31)15-37(35-22)20-9-17-13-36(14-18(17)10-20)27(39)16-5-7-32-8-6-16/h2-4,11-12,15-18,20,32H,5-10,13-14H2,1H3,(H,34,38)/t17-,18+,20?. The van der Waals surface area contributed by atoms with Gasteiger partial charge >= 0.3 is 6.18 Å². The van der Waals surface area contributed by atoms with Crippen LogP contribution in [0, 0.1) is 17.8 Å². The Morgan fingerprint density at radius 1 is 1.10 bits per heavy atom. The van der Waals surface area contributed by atoms with Gasteiger partial charge in [-0.25, -0.2) is 4.98 Å². The minimum absolute atomic E-state index is 0.140. The summed E-state index contributed by atoms with van der Waals surface area (Å²) in [5.41, 5.74) is -0.484. The highest BCUT2D eigenvalue weighted by Gasteiger charge is 2.44. The predicted octanol–water partition coefficient (Wildman–Crippen LogP) is 4.12. The third kappa shape index (κ3) is 5.12. The Bertz CT molecular complexity index is 1420. The van der Waals surface area contributed by atoms with Crippen LogP contribution in [0.4, 0.5) is 18.9 Å². The summed E-state index contributed by atoms with van der Waals surface area (Å²) < 4.78 is 46.5. The first-order chi connectivity index (χ1) is 19.2. The fourth-order valence-corrected chi connectivity index (χ4v) is 6.42. The number of ether oxygens (including phenoxy) is 1. The largest absolute Gasteiger partial charge is 0.494 e. The second kappa shape index (κ2) is 10.4. The molecule has 1 aromatic carbocycles. The highest BCUT2D eigenvalue weighted by molar-refractivity contribution is 6.05. The average molecular weight is 557 g/mol. The zero-order chi connectivity index (χ0) is 28.0. The maximum Gasteiger partial charge on any atom is 0.433 e. The van der Waals surface area contributed by atoms with Crippen molar-refractivity contribution in [3.63, 3.8) is 0 Å². The summed E-state index contributed by atoms with van der Waals surface area (Å²) >= 11 is 0.